The summed E-state index contributed by atoms with van der Waals surface area (Å²) in [6.07, 6.45) is 1.73. The molecule has 0 fully saturated rings. The summed E-state index contributed by atoms with van der Waals surface area (Å²) in [6, 6.07) is 10.1. The molecular formula is C17H22N2O. The second-order valence-electron chi connectivity index (χ2n) is 5.51. The molecular weight excluding hydrogens is 248 g/mol. The maximum atomic E-state index is 5.98. The Morgan fingerprint density at radius 2 is 1.85 bits per heavy atom. The standard InChI is InChI=1S/C17H22N2O/c1-11(2)15-6-5-12(3)9-16(15)20-17-10-14(13(4)18)7-8-19-17/h5-11,13H,18H2,1-4H3. The fourth-order valence-corrected chi connectivity index (χ4v) is 2.08. The minimum Gasteiger partial charge on any atom is -0.439 e. The van der Waals surface area contributed by atoms with E-state index in [1.807, 2.05) is 19.1 Å². The zero-order valence-electron chi connectivity index (χ0n) is 12.6. The lowest BCUT2D eigenvalue weighted by atomic mass is 10.0. The fraction of sp³-hybridized carbons (Fsp3) is 0.353. The largest absolute Gasteiger partial charge is 0.439 e. The normalized spacial score (nSPS) is 12.5. The van der Waals surface area contributed by atoms with Gasteiger partial charge in [-0.3, -0.25) is 0 Å². The highest BCUT2D eigenvalue weighted by atomic mass is 16.5. The van der Waals surface area contributed by atoms with Crippen molar-refractivity contribution in [3.05, 3.63) is 53.2 Å². The van der Waals surface area contributed by atoms with E-state index in [0.29, 0.717) is 11.8 Å². The Labute approximate surface area is 120 Å². The molecule has 0 saturated heterocycles. The number of aryl methyl sites for hydroxylation is 1. The van der Waals surface area contributed by atoms with Crippen LogP contribution in [-0.4, -0.2) is 4.98 Å². The van der Waals surface area contributed by atoms with Crippen molar-refractivity contribution in [2.75, 3.05) is 0 Å². The summed E-state index contributed by atoms with van der Waals surface area (Å²) in [4.78, 5) is 4.27. The maximum absolute atomic E-state index is 5.98. The van der Waals surface area contributed by atoms with Crippen molar-refractivity contribution < 1.29 is 4.74 Å². The van der Waals surface area contributed by atoms with Crippen LogP contribution in [0.3, 0.4) is 0 Å². The van der Waals surface area contributed by atoms with E-state index in [4.69, 9.17) is 10.5 Å². The summed E-state index contributed by atoms with van der Waals surface area (Å²) in [5.74, 6) is 1.86. The first-order chi connectivity index (χ1) is 9.47. The smallest absolute Gasteiger partial charge is 0.219 e. The third-order valence-electron chi connectivity index (χ3n) is 3.29. The van der Waals surface area contributed by atoms with Crippen LogP contribution in [0.25, 0.3) is 0 Å². The minimum atomic E-state index is -0.0255. The number of aromatic nitrogens is 1. The quantitative estimate of drug-likeness (QED) is 0.899. The van der Waals surface area contributed by atoms with Gasteiger partial charge in [0, 0.05) is 18.3 Å². The van der Waals surface area contributed by atoms with E-state index in [1.165, 1.54) is 11.1 Å². The summed E-state index contributed by atoms with van der Waals surface area (Å²) in [6.45, 7) is 8.32. The molecule has 1 heterocycles. The first kappa shape index (κ1) is 14.5. The van der Waals surface area contributed by atoms with Gasteiger partial charge in [-0.25, -0.2) is 4.98 Å². The van der Waals surface area contributed by atoms with Crippen molar-refractivity contribution in [3.8, 4) is 11.6 Å². The van der Waals surface area contributed by atoms with E-state index in [9.17, 15) is 0 Å². The number of nitrogens with zero attached hydrogens (tertiary/aromatic N) is 1. The van der Waals surface area contributed by atoms with Crippen LogP contribution < -0.4 is 10.5 Å². The van der Waals surface area contributed by atoms with E-state index >= 15 is 0 Å². The van der Waals surface area contributed by atoms with Crippen molar-refractivity contribution in [1.29, 1.82) is 0 Å². The zero-order valence-corrected chi connectivity index (χ0v) is 12.6. The van der Waals surface area contributed by atoms with Gasteiger partial charge in [0.2, 0.25) is 5.88 Å². The van der Waals surface area contributed by atoms with E-state index < -0.39 is 0 Å². The van der Waals surface area contributed by atoms with Gasteiger partial charge in [-0.05, 0) is 48.6 Å². The molecule has 2 aromatic rings. The molecule has 2 N–H and O–H groups in total. The van der Waals surface area contributed by atoms with Crippen LogP contribution in [0.4, 0.5) is 0 Å². The highest BCUT2D eigenvalue weighted by Crippen LogP contribution is 2.31. The van der Waals surface area contributed by atoms with Gasteiger partial charge in [0.15, 0.2) is 0 Å². The Morgan fingerprint density at radius 1 is 1.10 bits per heavy atom. The lowest BCUT2D eigenvalue weighted by Gasteiger charge is -2.15. The van der Waals surface area contributed by atoms with Gasteiger partial charge in [-0.2, -0.15) is 0 Å². The molecule has 0 aliphatic heterocycles. The number of rotatable bonds is 4. The Balaban J connectivity index is 2.34. The molecule has 0 amide bonds. The summed E-state index contributed by atoms with van der Waals surface area (Å²) in [5.41, 5.74) is 9.27. The summed E-state index contributed by atoms with van der Waals surface area (Å²) in [7, 11) is 0. The summed E-state index contributed by atoms with van der Waals surface area (Å²) in [5, 5.41) is 0. The molecule has 0 bridgehead atoms. The predicted molar refractivity (Wildman–Crippen MR) is 82.2 cm³/mol. The molecule has 0 aliphatic rings. The monoisotopic (exact) mass is 270 g/mol. The minimum absolute atomic E-state index is 0.0255. The Morgan fingerprint density at radius 3 is 2.50 bits per heavy atom. The van der Waals surface area contributed by atoms with Crippen molar-refractivity contribution in [1.82, 2.24) is 4.98 Å². The first-order valence-corrected chi connectivity index (χ1v) is 6.97. The average molecular weight is 270 g/mol. The molecule has 1 unspecified atom stereocenters. The van der Waals surface area contributed by atoms with Crippen molar-refractivity contribution in [3.63, 3.8) is 0 Å². The molecule has 1 aromatic heterocycles. The Bertz CT molecular complexity index is 591. The number of ether oxygens (including phenoxy) is 1. The number of hydrogen-bond donors (Lipinski definition) is 1. The lowest BCUT2D eigenvalue weighted by Crippen LogP contribution is -2.05. The Hall–Kier alpha value is -1.87. The highest BCUT2D eigenvalue weighted by Gasteiger charge is 2.10. The number of hydrogen-bond acceptors (Lipinski definition) is 3. The van der Waals surface area contributed by atoms with Crippen LogP contribution in [0.5, 0.6) is 11.6 Å². The molecule has 3 heteroatoms. The van der Waals surface area contributed by atoms with Gasteiger partial charge < -0.3 is 10.5 Å². The van der Waals surface area contributed by atoms with Crippen LogP contribution in [0.15, 0.2) is 36.5 Å². The first-order valence-electron chi connectivity index (χ1n) is 6.97. The van der Waals surface area contributed by atoms with Gasteiger partial charge in [0.25, 0.3) is 0 Å². The second-order valence-corrected chi connectivity index (χ2v) is 5.51. The molecule has 1 aromatic carbocycles. The zero-order chi connectivity index (χ0) is 14.7. The molecule has 0 saturated carbocycles. The summed E-state index contributed by atoms with van der Waals surface area (Å²) < 4.78 is 5.98. The number of benzene rings is 1. The predicted octanol–water partition coefficient (Wildman–Crippen LogP) is 4.33. The molecule has 2 rings (SSSR count). The van der Waals surface area contributed by atoms with E-state index in [0.717, 1.165) is 11.3 Å². The number of nitrogens with two attached hydrogens (primary N) is 1. The maximum Gasteiger partial charge on any atom is 0.219 e. The van der Waals surface area contributed by atoms with Crippen molar-refractivity contribution in [2.24, 2.45) is 5.73 Å². The fourth-order valence-electron chi connectivity index (χ4n) is 2.08. The van der Waals surface area contributed by atoms with E-state index in [2.05, 4.69) is 44.0 Å². The van der Waals surface area contributed by atoms with E-state index in [1.54, 1.807) is 6.20 Å². The topological polar surface area (TPSA) is 48.1 Å². The average Bonchev–Trinajstić information content (AvgIpc) is 2.38. The van der Waals surface area contributed by atoms with Gasteiger partial charge in [0.05, 0.1) is 0 Å². The van der Waals surface area contributed by atoms with Gasteiger partial charge in [-0.15, -0.1) is 0 Å². The van der Waals surface area contributed by atoms with Gasteiger partial charge in [0.1, 0.15) is 5.75 Å². The molecule has 3 nitrogen and oxygen atoms in total. The lowest BCUT2D eigenvalue weighted by molar-refractivity contribution is 0.452. The number of pyridine rings is 1. The molecule has 106 valence electrons. The molecule has 1 atom stereocenters. The van der Waals surface area contributed by atoms with Crippen LogP contribution in [0.1, 0.15) is 49.4 Å². The van der Waals surface area contributed by atoms with Crippen molar-refractivity contribution >= 4 is 0 Å². The van der Waals surface area contributed by atoms with Gasteiger partial charge >= 0.3 is 0 Å². The van der Waals surface area contributed by atoms with Gasteiger partial charge in [-0.1, -0.05) is 26.0 Å². The molecule has 0 aliphatic carbocycles. The summed E-state index contributed by atoms with van der Waals surface area (Å²) >= 11 is 0. The van der Waals surface area contributed by atoms with E-state index in [-0.39, 0.29) is 6.04 Å². The van der Waals surface area contributed by atoms with Crippen molar-refractivity contribution in [2.45, 2.75) is 39.7 Å². The van der Waals surface area contributed by atoms with Crippen LogP contribution in [-0.2, 0) is 0 Å². The third-order valence-corrected chi connectivity index (χ3v) is 3.29. The SMILES string of the molecule is Cc1ccc(C(C)C)c(Oc2cc(C(C)N)ccn2)c1. The molecule has 20 heavy (non-hydrogen) atoms. The highest BCUT2D eigenvalue weighted by molar-refractivity contribution is 5.41. The van der Waals surface area contributed by atoms with Crippen LogP contribution >= 0.6 is 0 Å². The second kappa shape index (κ2) is 6.06. The third kappa shape index (κ3) is 3.36. The van der Waals surface area contributed by atoms with Crippen LogP contribution in [0, 0.1) is 6.92 Å². The molecule has 0 spiro atoms. The van der Waals surface area contributed by atoms with Crippen LogP contribution in [0.2, 0.25) is 0 Å². The Kier molecular flexibility index (Phi) is 4.40. The molecule has 0 radical (unpaired) electrons.